The predicted octanol–water partition coefficient (Wildman–Crippen LogP) is 1.40. The number of carboxylic acid groups (broad SMARTS) is 1. The molecule has 4 nitrogen and oxygen atoms in total. The Bertz CT molecular complexity index is 202. The average Bonchev–Trinajstić information content (AvgIpc) is 2.10. The first-order valence-electron chi connectivity index (χ1n) is 4.99. The first-order chi connectivity index (χ1) is 6.47. The maximum Gasteiger partial charge on any atom is 0.326 e. The van der Waals surface area contributed by atoms with E-state index in [1.165, 1.54) is 0 Å². The Balaban J connectivity index is 3.85. The minimum Gasteiger partial charge on any atom is -0.480 e. The molecule has 1 atom stereocenters. The van der Waals surface area contributed by atoms with E-state index in [0.717, 1.165) is 6.42 Å². The Morgan fingerprint density at radius 2 is 1.93 bits per heavy atom. The lowest BCUT2D eigenvalue weighted by atomic mass is 10.1. The molecule has 0 aliphatic heterocycles. The van der Waals surface area contributed by atoms with Gasteiger partial charge in [-0.1, -0.05) is 20.8 Å². The smallest absolute Gasteiger partial charge is 0.326 e. The van der Waals surface area contributed by atoms with Crippen LogP contribution in [0, 0.1) is 5.92 Å². The van der Waals surface area contributed by atoms with Crippen molar-refractivity contribution in [2.45, 2.75) is 46.1 Å². The minimum atomic E-state index is -0.967. The van der Waals surface area contributed by atoms with Crippen molar-refractivity contribution in [1.82, 2.24) is 5.32 Å². The van der Waals surface area contributed by atoms with Crippen LogP contribution in [0.1, 0.15) is 40.0 Å². The van der Waals surface area contributed by atoms with Gasteiger partial charge in [0.1, 0.15) is 6.04 Å². The van der Waals surface area contributed by atoms with Crippen LogP contribution in [0.15, 0.2) is 0 Å². The summed E-state index contributed by atoms with van der Waals surface area (Å²) in [6, 6.07) is -0.741. The lowest BCUT2D eigenvalue weighted by Gasteiger charge is -2.12. The summed E-state index contributed by atoms with van der Waals surface area (Å²) in [5.41, 5.74) is 0. The number of hydrogen-bond acceptors (Lipinski definition) is 2. The van der Waals surface area contributed by atoms with Gasteiger partial charge in [-0.3, -0.25) is 4.79 Å². The van der Waals surface area contributed by atoms with E-state index in [1.54, 1.807) is 6.92 Å². The van der Waals surface area contributed by atoms with Gasteiger partial charge in [0.25, 0.3) is 0 Å². The Morgan fingerprint density at radius 3 is 2.29 bits per heavy atom. The molecule has 0 bridgehead atoms. The van der Waals surface area contributed by atoms with Gasteiger partial charge in [-0.25, -0.2) is 4.79 Å². The molecule has 0 radical (unpaired) electrons. The standard InChI is InChI=1S/C10H19NO3/c1-4-8(10(13)14)11-9(12)6-5-7(2)3/h7-8H,4-6H2,1-3H3,(H,11,12)(H,13,14)/t8-/m1/s1. The van der Waals surface area contributed by atoms with Crippen LogP contribution in [0.2, 0.25) is 0 Å². The van der Waals surface area contributed by atoms with E-state index in [4.69, 9.17) is 5.11 Å². The molecule has 0 fully saturated rings. The van der Waals surface area contributed by atoms with Crippen molar-refractivity contribution in [1.29, 1.82) is 0 Å². The highest BCUT2D eigenvalue weighted by molar-refractivity contribution is 5.83. The molecule has 0 saturated heterocycles. The van der Waals surface area contributed by atoms with Crippen LogP contribution < -0.4 is 5.32 Å². The molecule has 2 N–H and O–H groups in total. The van der Waals surface area contributed by atoms with Gasteiger partial charge in [-0.15, -0.1) is 0 Å². The number of nitrogens with one attached hydrogen (secondary N) is 1. The largest absolute Gasteiger partial charge is 0.480 e. The van der Waals surface area contributed by atoms with E-state index in [1.807, 2.05) is 13.8 Å². The van der Waals surface area contributed by atoms with E-state index in [-0.39, 0.29) is 5.91 Å². The third kappa shape index (κ3) is 5.56. The normalized spacial score (nSPS) is 12.6. The first kappa shape index (κ1) is 12.9. The highest BCUT2D eigenvalue weighted by Gasteiger charge is 2.16. The van der Waals surface area contributed by atoms with Crippen molar-refractivity contribution in [3.05, 3.63) is 0 Å². The summed E-state index contributed by atoms with van der Waals surface area (Å²) < 4.78 is 0. The summed E-state index contributed by atoms with van der Waals surface area (Å²) >= 11 is 0. The molecule has 0 spiro atoms. The summed E-state index contributed by atoms with van der Waals surface area (Å²) in [5.74, 6) is -0.677. The zero-order valence-electron chi connectivity index (χ0n) is 9.04. The molecule has 0 unspecified atom stereocenters. The summed E-state index contributed by atoms with van der Waals surface area (Å²) in [5, 5.41) is 11.2. The van der Waals surface area contributed by atoms with Crippen LogP contribution >= 0.6 is 0 Å². The van der Waals surface area contributed by atoms with Gasteiger partial charge in [-0.05, 0) is 18.8 Å². The van der Waals surface area contributed by atoms with Crippen LogP contribution in [0.4, 0.5) is 0 Å². The van der Waals surface area contributed by atoms with Crippen LogP contribution in [0.3, 0.4) is 0 Å². The van der Waals surface area contributed by atoms with Gasteiger partial charge in [0.15, 0.2) is 0 Å². The molecule has 0 aromatic heterocycles. The second-order valence-electron chi connectivity index (χ2n) is 3.80. The third-order valence-electron chi connectivity index (χ3n) is 1.99. The van der Waals surface area contributed by atoms with Crippen LogP contribution in [-0.2, 0) is 9.59 Å². The third-order valence-corrected chi connectivity index (χ3v) is 1.99. The van der Waals surface area contributed by atoms with E-state index in [0.29, 0.717) is 18.8 Å². The Labute approximate surface area is 84.7 Å². The SMILES string of the molecule is CC[C@@H](NC(=O)CCC(C)C)C(=O)O. The summed E-state index contributed by atoms with van der Waals surface area (Å²) in [4.78, 5) is 21.8. The fraction of sp³-hybridized carbons (Fsp3) is 0.800. The first-order valence-corrected chi connectivity index (χ1v) is 4.99. The molecular weight excluding hydrogens is 182 g/mol. The number of aliphatic carboxylic acids is 1. The molecule has 0 aliphatic carbocycles. The van der Waals surface area contributed by atoms with E-state index < -0.39 is 12.0 Å². The fourth-order valence-electron chi connectivity index (χ4n) is 1.02. The molecule has 1 amide bonds. The van der Waals surface area contributed by atoms with Crippen molar-refractivity contribution in [2.75, 3.05) is 0 Å². The van der Waals surface area contributed by atoms with Gasteiger partial charge in [0.2, 0.25) is 5.91 Å². The summed E-state index contributed by atoms with van der Waals surface area (Å²) in [6.45, 7) is 5.80. The topological polar surface area (TPSA) is 66.4 Å². The highest BCUT2D eigenvalue weighted by atomic mass is 16.4. The maximum atomic E-state index is 11.2. The van der Waals surface area contributed by atoms with Gasteiger partial charge in [-0.2, -0.15) is 0 Å². The molecule has 0 heterocycles. The van der Waals surface area contributed by atoms with Crippen molar-refractivity contribution in [3.8, 4) is 0 Å². The predicted molar refractivity (Wildman–Crippen MR) is 53.9 cm³/mol. The number of carbonyl (C=O) groups excluding carboxylic acids is 1. The number of carbonyl (C=O) groups is 2. The van der Waals surface area contributed by atoms with E-state index >= 15 is 0 Å². The van der Waals surface area contributed by atoms with Crippen molar-refractivity contribution >= 4 is 11.9 Å². The Morgan fingerprint density at radius 1 is 1.36 bits per heavy atom. The monoisotopic (exact) mass is 201 g/mol. The molecule has 0 aromatic rings. The molecular formula is C10H19NO3. The molecule has 0 rings (SSSR count). The van der Waals surface area contributed by atoms with Gasteiger partial charge in [0, 0.05) is 6.42 Å². The summed E-state index contributed by atoms with van der Waals surface area (Å²) in [7, 11) is 0. The molecule has 14 heavy (non-hydrogen) atoms. The van der Waals surface area contributed by atoms with Crippen LogP contribution in [-0.4, -0.2) is 23.0 Å². The molecule has 0 aromatic carbocycles. The second-order valence-corrected chi connectivity index (χ2v) is 3.80. The van der Waals surface area contributed by atoms with Gasteiger partial charge in [0.05, 0.1) is 0 Å². The number of carboxylic acids is 1. The Kier molecular flexibility index (Phi) is 5.92. The van der Waals surface area contributed by atoms with Crippen molar-refractivity contribution in [2.24, 2.45) is 5.92 Å². The lowest BCUT2D eigenvalue weighted by molar-refractivity contribution is -0.141. The number of amides is 1. The second kappa shape index (κ2) is 6.40. The van der Waals surface area contributed by atoms with Crippen LogP contribution in [0.5, 0.6) is 0 Å². The Hall–Kier alpha value is -1.06. The van der Waals surface area contributed by atoms with Crippen molar-refractivity contribution < 1.29 is 14.7 Å². The van der Waals surface area contributed by atoms with Gasteiger partial charge >= 0.3 is 5.97 Å². The number of rotatable bonds is 6. The zero-order valence-corrected chi connectivity index (χ0v) is 9.04. The minimum absolute atomic E-state index is 0.173. The lowest BCUT2D eigenvalue weighted by Crippen LogP contribution is -2.40. The molecule has 4 heteroatoms. The van der Waals surface area contributed by atoms with Gasteiger partial charge < -0.3 is 10.4 Å². The summed E-state index contributed by atoms with van der Waals surface area (Å²) in [6.07, 6.45) is 1.62. The van der Waals surface area contributed by atoms with Crippen LogP contribution in [0.25, 0.3) is 0 Å². The fourth-order valence-corrected chi connectivity index (χ4v) is 1.02. The molecule has 0 aliphatic rings. The zero-order chi connectivity index (χ0) is 11.1. The van der Waals surface area contributed by atoms with Crippen molar-refractivity contribution in [3.63, 3.8) is 0 Å². The molecule has 0 saturated carbocycles. The number of hydrogen-bond donors (Lipinski definition) is 2. The molecule has 82 valence electrons. The van der Waals surface area contributed by atoms with E-state index in [2.05, 4.69) is 5.32 Å². The van der Waals surface area contributed by atoms with E-state index in [9.17, 15) is 9.59 Å². The maximum absolute atomic E-state index is 11.2. The average molecular weight is 201 g/mol. The highest BCUT2D eigenvalue weighted by Crippen LogP contribution is 2.03. The quantitative estimate of drug-likeness (QED) is 0.682.